The monoisotopic (exact) mass is 452 g/mol. The summed E-state index contributed by atoms with van der Waals surface area (Å²) in [4.78, 5) is 21.6. The van der Waals surface area contributed by atoms with Crippen molar-refractivity contribution in [3.05, 3.63) is 76.4 Å². The molecule has 2 aromatic carbocycles. The van der Waals surface area contributed by atoms with Crippen LogP contribution in [0.25, 0.3) is 45.1 Å². The molecule has 0 spiro atoms. The molecule has 172 valence electrons. The van der Waals surface area contributed by atoms with E-state index in [4.69, 9.17) is 9.40 Å². The van der Waals surface area contributed by atoms with Crippen molar-refractivity contribution < 1.29 is 4.42 Å². The van der Waals surface area contributed by atoms with Crippen LogP contribution in [-0.4, -0.2) is 19.1 Å². The summed E-state index contributed by atoms with van der Waals surface area (Å²) in [6.07, 6.45) is 4.53. The van der Waals surface area contributed by atoms with Gasteiger partial charge in [0.25, 0.3) is 0 Å². The highest BCUT2D eigenvalue weighted by Crippen LogP contribution is 2.36. The third kappa shape index (κ3) is 3.33. The van der Waals surface area contributed by atoms with Crippen molar-refractivity contribution >= 4 is 11.0 Å². The largest absolute Gasteiger partial charge is 0.458 e. The Kier molecular flexibility index (Phi) is 4.83. The SMILES string of the molecule is Cc1cccc(-c2nc(-c3ccc(C)o3)[nH]c2-c2ccc3c(c2)n(C)c(=O)n3C2CCCC2)c1. The van der Waals surface area contributed by atoms with E-state index in [0.29, 0.717) is 17.6 Å². The first kappa shape index (κ1) is 20.8. The van der Waals surface area contributed by atoms with Crippen molar-refractivity contribution in [2.75, 3.05) is 0 Å². The van der Waals surface area contributed by atoms with Crippen LogP contribution in [0.5, 0.6) is 0 Å². The lowest BCUT2D eigenvalue weighted by Crippen LogP contribution is -2.24. The van der Waals surface area contributed by atoms with Gasteiger partial charge in [-0.15, -0.1) is 0 Å². The van der Waals surface area contributed by atoms with Gasteiger partial charge in [-0.1, -0.05) is 42.7 Å². The lowest BCUT2D eigenvalue weighted by atomic mass is 10.0. The van der Waals surface area contributed by atoms with Crippen molar-refractivity contribution in [2.24, 2.45) is 7.05 Å². The van der Waals surface area contributed by atoms with E-state index < -0.39 is 0 Å². The van der Waals surface area contributed by atoms with E-state index in [2.05, 4.69) is 54.4 Å². The molecule has 0 saturated heterocycles. The van der Waals surface area contributed by atoms with Crippen molar-refractivity contribution in [3.63, 3.8) is 0 Å². The van der Waals surface area contributed by atoms with Crippen LogP contribution in [0, 0.1) is 13.8 Å². The fourth-order valence-electron chi connectivity index (χ4n) is 5.30. The fraction of sp³-hybridized carbons (Fsp3) is 0.286. The quantitative estimate of drug-likeness (QED) is 0.344. The van der Waals surface area contributed by atoms with E-state index in [1.54, 1.807) is 4.57 Å². The molecule has 0 atom stereocenters. The zero-order chi connectivity index (χ0) is 23.4. The lowest BCUT2D eigenvalue weighted by molar-refractivity contribution is 0.509. The number of nitrogens with zero attached hydrogens (tertiary/aromatic N) is 3. The van der Waals surface area contributed by atoms with Crippen LogP contribution < -0.4 is 5.69 Å². The second-order valence-corrected chi connectivity index (χ2v) is 9.44. The van der Waals surface area contributed by atoms with E-state index in [1.165, 1.54) is 18.4 Å². The van der Waals surface area contributed by atoms with Crippen LogP contribution in [0.4, 0.5) is 0 Å². The molecular formula is C28H28N4O2. The minimum absolute atomic E-state index is 0.0642. The van der Waals surface area contributed by atoms with Crippen LogP contribution in [-0.2, 0) is 7.05 Å². The number of hydrogen-bond donors (Lipinski definition) is 1. The first-order valence-corrected chi connectivity index (χ1v) is 11.9. The summed E-state index contributed by atoms with van der Waals surface area (Å²) in [7, 11) is 1.87. The minimum Gasteiger partial charge on any atom is -0.458 e. The van der Waals surface area contributed by atoms with Crippen LogP contribution in [0.3, 0.4) is 0 Å². The van der Waals surface area contributed by atoms with Gasteiger partial charge in [-0.2, -0.15) is 0 Å². The highest BCUT2D eigenvalue weighted by atomic mass is 16.3. The van der Waals surface area contributed by atoms with Gasteiger partial charge in [-0.3, -0.25) is 9.13 Å². The molecule has 0 aliphatic heterocycles. The van der Waals surface area contributed by atoms with Crippen LogP contribution in [0.15, 0.2) is 63.8 Å². The summed E-state index contributed by atoms with van der Waals surface area (Å²) < 4.78 is 9.63. The van der Waals surface area contributed by atoms with Gasteiger partial charge < -0.3 is 9.40 Å². The predicted octanol–water partition coefficient (Wildman–Crippen LogP) is 6.39. The van der Waals surface area contributed by atoms with Gasteiger partial charge in [0.2, 0.25) is 0 Å². The first-order chi connectivity index (χ1) is 16.5. The number of benzene rings is 2. The molecule has 1 fully saturated rings. The van der Waals surface area contributed by atoms with Gasteiger partial charge in [0.15, 0.2) is 11.6 Å². The van der Waals surface area contributed by atoms with Gasteiger partial charge >= 0.3 is 5.69 Å². The van der Waals surface area contributed by atoms with E-state index in [9.17, 15) is 4.79 Å². The number of hydrogen-bond acceptors (Lipinski definition) is 3. The van der Waals surface area contributed by atoms with Crippen LogP contribution in [0.1, 0.15) is 43.0 Å². The average molecular weight is 453 g/mol. The molecule has 34 heavy (non-hydrogen) atoms. The van der Waals surface area contributed by atoms with E-state index in [-0.39, 0.29) is 5.69 Å². The number of fused-ring (bicyclic) bond motifs is 1. The van der Waals surface area contributed by atoms with Crippen molar-refractivity contribution in [1.82, 2.24) is 19.1 Å². The number of rotatable bonds is 4. The van der Waals surface area contributed by atoms with Crippen molar-refractivity contribution in [2.45, 2.75) is 45.6 Å². The Bertz CT molecular complexity index is 1570. The molecule has 1 aliphatic carbocycles. The molecule has 6 rings (SSSR count). The third-order valence-electron chi connectivity index (χ3n) is 7.04. The summed E-state index contributed by atoms with van der Waals surface area (Å²) >= 11 is 0. The number of furan rings is 1. The third-order valence-corrected chi connectivity index (χ3v) is 7.04. The summed E-state index contributed by atoms with van der Waals surface area (Å²) in [5.41, 5.74) is 6.99. The van der Waals surface area contributed by atoms with Crippen LogP contribution >= 0.6 is 0 Å². The van der Waals surface area contributed by atoms with Gasteiger partial charge in [0.05, 0.1) is 22.4 Å². The second-order valence-electron chi connectivity index (χ2n) is 9.44. The zero-order valence-electron chi connectivity index (χ0n) is 19.8. The molecule has 1 N–H and O–H groups in total. The van der Waals surface area contributed by atoms with E-state index >= 15 is 0 Å². The Morgan fingerprint density at radius 2 is 1.79 bits per heavy atom. The topological polar surface area (TPSA) is 68.8 Å². The lowest BCUT2D eigenvalue weighted by Gasteiger charge is -2.11. The Morgan fingerprint density at radius 3 is 2.53 bits per heavy atom. The Labute approximate surface area is 197 Å². The maximum absolute atomic E-state index is 13.1. The van der Waals surface area contributed by atoms with Crippen molar-refractivity contribution in [3.8, 4) is 34.1 Å². The van der Waals surface area contributed by atoms with Gasteiger partial charge in [0.1, 0.15) is 5.76 Å². The molecule has 1 saturated carbocycles. The number of aromatic nitrogens is 4. The molecule has 6 nitrogen and oxygen atoms in total. The molecule has 0 bridgehead atoms. The molecule has 1 aliphatic rings. The molecule has 3 heterocycles. The predicted molar refractivity (Wildman–Crippen MR) is 135 cm³/mol. The second kappa shape index (κ2) is 7.90. The number of imidazole rings is 2. The molecule has 5 aromatic rings. The Balaban J connectivity index is 1.54. The average Bonchev–Trinajstić information content (AvgIpc) is 3.62. The highest BCUT2D eigenvalue weighted by molar-refractivity contribution is 5.87. The molecule has 0 amide bonds. The summed E-state index contributed by atoms with van der Waals surface area (Å²) in [6, 6.07) is 18.8. The molecule has 6 heteroatoms. The zero-order valence-corrected chi connectivity index (χ0v) is 19.8. The maximum atomic E-state index is 13.1. The molecule has 0 unspecified atom stereocenters. The van der Waals surface area contributed by atoms with Gasteiger partial charge in [0, 0.05) is 24.2 Å². The fourth-order valence-corrected chi connectivity index (χ4v) is 5.30. The standard InChI is InChI=1S/C28H28N4O2/c1-17-7-6-8-19(15-17)25-26(30-27(29-25)24-14-11-18(2)34-24)20-12-13-22-23(16-20)31(3)28(33)32(22)21-9-4-5-10-21/h6-8,11-16,21H,4-5,9-10H2,1-3H3,(H,29,30). The number of aromatic amines is 1. The normalized spacial score (nSPS) is 14.4. The summed E-state index contributed by atoms with van der Waals surface area (Å²) in [6.45, 7) is 4.01. The van der Waals surface area contributed by atoms with E-state index in [1.807, 2.05) is 30.7 Å². The van der Waals surface area contributed by atoms with Crippen molar-refractivity contribution in [1.29, 1.82) is 0 Å². The maximum Gasteiger partial charge on any atom is 0.329 e. The molecule has 3 aromatic heterocycles. The highest BCUT2D eigenvalue weighted by Gasteiger charge is 2.24. The van der Waals surface area contributed by atoms with Gasteiger partial charge in [-0.05, 0) is 57.0 Å². The first-order valence-electron chi connectivity index (χ1n) is 11.9. The summed E-state index contributed by atoms with van der Waals surface area (Å²) in [5, 5.41) is 0. The number of aryl methyl sites for hydroxylation is 3. The van der Waals surface area contributed by atoms with E-state index in [0.717, 1.165) is 52.2 Å². The molecule has 0 radical (unpaired) electrons. The summed E-state index contributed by atoms with van der Waals surface area (Å²) in [5.74, 6) is 2.24. The minimum atomic E-state index is 0.0642. The molecular weight excluding hydrogens is 424 g/mol. The van der Waals surface area contributed by atoms with Gasteiger partial charge in [-0.25, -0.2) is 9.78 Å². The Hall–Kier alpha value is -3.80. The number of H-pyrrole nitrogens is 1. The van der Waals surface area contributed by atoms with Crippen LogP contribution in [0.2, 0.25) is 0 Å². The number of nitrogens with one attached hydrogen (secondary N) is 1. The smallest absolute Gasteiger partial charge is 0.329 e. The Morgan fingerprint density at radius 1 is 0.971 bits per heavy atom.